The third-order valence-corrected chi connectivity index (χ3v) is 3.15. The molecule has 0 saturated heterocycles. The molecule has 2 heterocycles. The van der Waals surface area contributed by atoms with Gasteiger partial charge in [0.2, 0.25) is 0 Å². The van der Waals surface area contributed by atoms with E-state index in [1.54, 1.807) is 7.05 Å². The molecule has 0 unspecified atom stereocenters. The topological polar surface area (TPSA) is 67.1 Å². The molecule has 108 valence electrons. The fraction of sp³-hybridized carbons (Fsp3) is 0.750. The molecule has 2 N–H and O–H groups in total. The van der Waals surface area contributed by atoms with Gasteiger partial charge in [-0.1, -0.05) is 13.3 Å². The lowest BCUT2D eigenvalue weighted by molar-refractivity contribution is 0.659. The lowest BCUT2D eigenvalue weighted by atomic mass is 10.3. The molecule has 0 aliphatic carbocycles. The van der Waals surface area contributed by atoms with E-state index in [1.165, 1.54) is 12.8 Å². The smallest absolute Gasteiger partial charge is 0.191 e. The average molecular weight is 378 g/mol. The van der Waals surface area contributed by atoms with Crippen molar-refractivity contribution in [1.82, 2.24) is 25.4 Å². The highest BCUT2D eigenvalue weighted by Gasteiger charge is 2.16. The number of unbranched alkanes of at least 4 members (excludes halogenated alkanes) is 1. The Kier molecular flexibility index (Phi) is 7.11. The molecule has 0 aromatic carbocycles. The summed E-state index contributed by atoms with van der Waals surface area (Å²) in [7, 11) is 1.79. The minimum Gasteiger partial charge on any atom is -0.356 e. The molecular formula is C12H23IN6. The fourth-order valence-electron chi connectivity index (χ4n) is 2.11. The molecule has 0 amide bonds. The van der Waals surface area contributed by atoms with E-state index in [-0.39, 0.29) is 24.0 Å². The third-order valence-electron chi connectivity index (χ3n) is 3.15. The molecule has 6 nitrogen and oxygen atoms in total. The minimum absolute atomic E-state index is 0. The predicted molar refractivity (Wildman–Crippen MR) is 86.9 cm³/mol. The Morgan fingerprint density at radius 2 is 2.21 bits per heavy atom. The van der Waals surface area contributed by atoms with E-state index in [0.717, 1.165) is 43.5 Å². The Morgan fingerprint density at radius 1 is 1.37 bits per heavy atom. The lowest BCUT2D eigenvalue weighted by Gasteiger charge is -2.11. The molecule has 0 bridgehead atoms. The van der Waals surface area contributed by atoms with Crippen LogP contribution in [0.25, 0.3) is 0 Å². The fourth-order valence-corrected chi connectivity index (χ4v) is 2.11. The Bertz CT molecular complexity index is 414. The Hall–Kier alpha value is -0.860. The van der Waals surface area contributed by atoms with Crippen molar-refractivity contribution in [3.05, 3.63) is 11.6 Å². The predicted octanol–water partition coefficient (Wildman–Crippen LogP) is 1.31. The van der Waals surface area contributed by atoms with Crippen molar-refractivity contribution in [2.24, 2.45) is 4.99 Å². The molecule has 0 saturated carbocycles. The second-order valence-corrected chi connectivity index (χ2v) is 4.49. The maximum atomic E-state index is 4.21. The number of guanidine groups is 1. The molecule has 0 fully saturated rings. The molecule has 0 atom stereocenters. The van der Waals surface area contributed by atoms with E-state index in [1.807, 2.05) is 0 Å². The summed E-state index contributed by atoms with van der Waals surface area (Å²) in [4.78, 5) is 4.19. The van der Waals surface area contributed by atoms with Gasteiger partial charge in [-0.05, 0) is 12.8 Å². The summed E-state index contributed by atoms with van der Waals surface area (Å²) < 4.78 is 2.20. The van der Waals surface area contributed by atoms with Crippen LogP contribution in [0.5, 0.6) is 0 Å². The van der Waals surface area contributed by atoms with Gasteiger partial charge in [0.05, 0.1) is 6.54 Å². The summed E-state index contributed by atoms with van der Waals surface area (Å²) in [6, 6.07) is 0. The second kappa shape index (κ2) is 8.34. The minimum atomic E-state index is 0. The number of hydrogen-bond donors (Lipinski definition) is 2. The SMILES string of the molecule is CCCCNC(=NC)NCc1nnc2n1CCC2.I. The Balaban J connectivity index is 0.00000180. The summed E-state index contributed by atoms with van der Waals surface area (Å²) >= 11 is 0. The van der Waals surface area contributed by atoms with E-state index >= 15 is 0 Å². The van der Waals surface area contributed by atoms with Crippen LogP contribution < -0.4 is 10.6 Å². The molecule has 2 rings (SSSR count). The van der Waals surface area contributed by atoms with E-state index < -0.39 is 0 Å². The van der Waals surface area contributed by atoms with Gasteiger partial charge < -0.3 is 15.2 Å². The maximum absolute atomic E-state index is 4.21. The number of halogens is 1. The van der Waals surface area contributed by atoms with Crippen molar-refractivity contribution in [3.63, 3.8) is 0 Å². The molecule has 1 aliphatic heterocycles. The summed E-state index contributed by atoms with van der Waals surface area (Å²) in [5, 5.41) is 15.0. The molecule has 19 heavy (non-hydrogen) atoms. The molecule has 1 aromatic heterocycles. The van der Waals surface area contributed by atoms with Crippen LogP contribution in [0.3, 0.4) is 0 Å². The number of aliphatic imine (C=N–C) groups is 1. The van der Waals surface area contributed by atoms with Gasteiger partial charge in [-0.2, -0.15) is 0 Å². The van der Waals surface area contributed by atoms with Gasteiger partial charge in [0.15, 0.2) is 11.8 Å². The van der Waals surface area contributed by atoms with Crippen molar-refractivity contribution in [3.8, 4) is 0 Å². The van der Waals surface area contributed by atoms with Crippen LogP contribution >= 0.6 is 24.0 Å². The first-order chi connectivity index (χ1) is 8.85. The number of rotatable bonds is 5. The van der Waals surface area contributed by atoms with E-state index in [0.29, 0.717) is 6.54 Å². The van der Waals surface area contributed by atoms with Crippen LogP contribution in [0.1, 0.15) is 37.8 Å². The third kappa shape index (κ3) is 4.32. The summed E-state index contributed by atoms with van der Waals surface area (Å²) in [6.07, 6.45) is 4.57. The standard InChI is InChI=1S/C12H22N6.HI/c1-3-4-7-14-12(13-2)15-9-11-17-16-10-6-5-8-18(10)11;/h3-9H2,1-2H3,(H2,13,14,15);1H. The first-order valence-corrected chi connectivity index (χ1v) is 6.70. The van der Waals surface area contributed by atoms with Crippen LogP contribution in [0.2, 0.25) is 0 Å². The number of nitrogens with zero attached hydrogens (tertiary/aromatic N) is 4. The van der Waals surface area contributed by atoms with E-state index in [2.05, 4.69) is 37.3 Å². The molecule has 1 aromatic rings. The van der Waals surface area contributed by atoms with Gasteiger partial charge in [0.1, 0.15) is 5.82 Å². The van der Waals surface area contributed by atoms with Gasteiger partial charge in [0, 0.05) is 26.6 Å². The largest absolute Gasteiger partial charge is 0.356 e. The van der Waals surface area contributed by atoms with Crippen molar-refractivity contribution < 1.29 is 0 Å². The summed E-state index contributed by atoms with van der Waals surface area (Å²) in [5.74, 6) is 2.94. The molecule has 7 heteroatoms. The quantitative estimate of drug-likeness (QED) is 0.351. The molecular weight excluding hydrogens is 355 g/mol. The number of aromatic nitrogens is 3. The monoisotopic (exact) mass is 378 g/mol. The zero-order valence-corrected chi connectivity index (χ0v) is 14.0. The normalized spacial score (nSPS) is 13.9. The van der Waals surface area contributed by atoms with Crippen LogP contribution in [-0.4, -0.2) is 34.3 Å². The van der Waals surface area contributed by atoms with Crippen molar-refractivity contribution in [2.75, 3.05) is 13.6 Å². The second-order valence-electron chi connectivity index (χ2n) is 4.49. The molecule has 0 radical (unpaired) electrons. The number of hydrogen-bond acceptors (Lipinski definition) is 3. The van der Waals surface area contributed by atoms with Crippen LogP contribution in [0.4, 0.5) is 0 Å². The van der Waals surface area contributed by atoms with Gasteiger partial charge >= 0.3 is 0 Å². The van der Waals surface area contributed by atoms with E-state index in [4.69, 9.17) is 0 Å². The van der Waals surface area contributed by atoms with Crippen LogP contribution in [0, 0.1) is 0 Å². The lowest BCUT2D eigenvalue weighted by Crippen LogP contribution is -2.37. The summed E-state index contributed by atoms with van der Waals surface area (Å²) in [5.41, 5.74) is 0. The van der Waals surface area contributed by atoms with Gasteiger partial charge in [-0.15, -0.1) is 34.2 Å². The highest BCUT2D eigenvalue weighted by molar-refractivity contribution is 14.0. The molecule has 1 aliphatic rings. The molecule has 0 spiro atoms. The number of aryl methyl sites for hydroxylation is 1. The van der Waals surface area contributed by atoms with Crippen molar-refractivity contribution in [1.29, 1.82) is 0 Å². The Morgan fingerprint density at radius 3 is 2.95 bits per heavy atom. The number of nitrogens with one attached hydrogen (secondary N) is 2. The highest BCUT2D eigenvalue weighted by Crippen LogP contribution is 2.13. The van der Waals surface area contributed by atoms with Crippen molar-refractivity contribution >= 4 is 29.9 Å². The van der Waals surface area contributed by atoms with Crippen molar-refractivity contribution in [2.45, 2.75) is 45.7 Å². The zero-order valence-electron chi connectivity index (χ0n) is 11.6. The van der Waals surface area contributed by atoms with Gasteiger partial charge in [0.25, 0.3) is 0 Å². The van der Waals surface area contributed by atoms with Crippen LogP contribution in [-0.2, 0) is 19.5 Å². The zero-order chi connectivity index (χ0) is 12.8. The first kappa shape index (κ1) is 16.2. The average Bonchev–Trinajstić information content (AvgIpc) is 2.97. The summed E-state index contributed by atoms with van der Waals surface area (Å²) in [6.45, 7) is 4.85. The van der Waals surface area contributed by atoms with Gasteiger partial charge in [-0.3, -0.25) is 4.99 Å². The number of fused-ring (bicyclic) bond motifs is 1. The highest BCUT2D eigenvalue weighted by atomic mass is 127. The van der Waals surface area contributed by atoms with Crippen LogP contribution in [0.15, 0.2) is 4.99 Å². The van der Waals surface area contributed by atoms with E-state index in [9.17, 15) is 0 Å². The first-order valence-electron chi connectivity index (χ1n) is 6.70. The van der Waals surface area contributed by atoms with Gasteiger partial charge in [-0.25, -0.2) is 0 Å². The maximum Gasteiger partial charge on any atom is 0.191 e. The Labute approximate surface area is 131 Å².